The van der Waals surface area contributed by atoms with Crippen molar-refractivity contribution in [3.05, 3.63) is 71.4 Å². The van der Waals surface area contributed by atoms with E-state index >= 15 is 0 Å². The molecule has 4 rings (SSSR count). The van der Waals surface area contributed by atoms with Gasteiger partial charge in [0.05, 0.1) is 17.7 Å². The van der Waals surface area contributed by atoms with Gasteiger partial charge in [-0.1, -0.05) is 30.3 Å². The Balaban J connectivity index is 1.41. The number of pyridine rings is 1. The smallest absolute Gasteiger partial charge is 0.261 e. The first-order chi connectivity index (χ1) is 13.2. The van der Waals surface area contributed by atoms with Gasteiger partial charge in [0.2, 0.25) is 0 Å². The first-order valence-electron chi connectivity index (χ1n) is 8.62. The van der Waals surface area contributed by atoms with Crippen LogP contribution in [-0.4, -0.2) is 41.1 Å². The highest BCUT2D eigenvalue weighted by Crippen LogP contribution is 2.25. The molecule has 2 aromatic carbocycles. The number of para-hydroxylation sites is 1. The fourth-order valence-electron chi connectivity index (χ4n) is 3.16. The second-order valence-corrected chi connectivity index (χ2v) is 6.19. The van der Waals surface area contributed by atoms with Crippen LogP contribution < -0.4 is 4.74 Å². The SMILES string of the molecule is O=Cc1ccc2cccc(OCCCN3C(=O)c4ccccc4C3=O)c2n1. The molecule has 0 N–H and O–H groups in total. The van der Waals surface area contributed by atoms with Crippen LogP contribution in [0.2, 0.25) is 0 Å². The van der Waals surface area contributed by atoms with Gasteiger partial charge in [-0.3, -0.25) is 19.3 Å². The predicted molar refractivity (Wildman–Crippen MR) is 99.1 cm³/mol. The predicted octanol–water partition coefficient (Wildman–Crippen LogP) is 3.11. The molecule has 2 heterocycles. The first-order valence-corrected chi connectivity index (χ1v) is 8.62. The van der Waals surface area contributed by atoms with E-state index in [1.54, 1.807) is 36.4 Å². The number of aromatic nitrogens is 1. The summed E-state index contributed by atoms with van der Waals surface area (Å²) in [5.74, 6) is 0.0367. The van der Waals surface area contributed by atoms with Crippen LogP contribution in [0.15, 0.2) is 54.6 Å². The molecule has 0 saturated heterocycles. The van der Waals surface area contributed by atoms with E-state index in [9.17, 15) is 14.4 Å². The van der Waals surface area contributed by atoms with Crippen molar-refractivity contribution in [2.75, 3.05) is 13.2 Å². The monoisotopic (exact) mass is 360 g/mol. The van der Waals surface area contributed by atoms with Gasteiger partial charge >= 0.3 is 0 Å². The molecule has 0 spiro atoms. The number of amides is 2. The zero-order chi connectivity index (χ0) is 18.8. The second kappa shape index (κ2) is 6.99. The van der Waals surface area contributed by atoms with Crippen molar-refractivity contribution in [2.24, 2.45) is 0 Å². The van der Waals surface area contributed by atoms with E-state index in [0.717, 1.165) is 5.39 Å². The lowest BCUT2D eigenvalue weighted by molar-refractivity contribution is 0.0646. The summed E-state index contributed by atoms with van der Waals surface area (Å²) < 4.78 is 5.80. The van der Waals surface area contributed by atoms with Crippen molar-refractivity contribution in [3.8, 4) is 5.75 Å². The van der Waals surface area contributed by atoms with Gasteiger partial charge in [-0.2, -0.15) is 0 Å². The molecule has 2 amide bonds. The molecule has 0 bridgehead atoms. The highest BCUT2D eigenvalue weighted by molar-refractivity contribution is 6.21. The van der Waals surface area contributed by atoms with Gasteiger partial charge < -0.3 is 4.74 Å². The third-order valence-electron chi connectivity index (χ3n) is 4.49. The Morgan fingerprint density at radius 3 is 2.37 bits per heavy atom. The molecule has 0 radical (unpaired) electrons. The van der Waals surface area contributed by atoms with Crippen molar-refractivity contribution in [3.63, 3.8) is 0 Å². The van der Waals surface area contributed by atoms with Crippen LogP contribution in [0.25, 0.3) is 10.9 Å². The molecule has 6 nitrogen and oxygen atoms in total. The van der Waals surface area contributed by atoms with Crippen LogP contribution >= 0.6 is 0 Å². The number of carbonyl (C=O) groups excluding carboxylic acids is 3. The van der Waals surface area contributed by atoms with Crippen LogP contribution in [0.3, 0.4) is 0 Å². The Kier molecular flexibility index (Phi) is 4.38. The number of rotatable bonds is 6. The molecule has 1 aromatic heterocycles. The maximum atomic E-state index is 12.3. The lowest BCUT2D eigenvalue weighted by Gasteiger charge is -2.14. The molecule has 1 aliphatic heterocycles. The molecule has 27 heavy (non-hydrogen) atoms. The highest BCUT2D eigenvalue weighted by Gasteiger charge is 2.34. The topological polar surface area (TPSA) is 76.6 Å². The molecular weight excluding hydrogens is 344 g/mol. The van der Waals surface area contributed by atoms with E-state index < -0.39 is 0 Å². The Morgan fingerprint density at radius 2 is 1.67 bits per heavy atom. The van der Waals surface area contributed by atoms with Gasteiger partial charge in [-0.15, -0.1) is 0 Å². The third-order valence-corrected chi connectivity index (χ3v) is 4.49. The first kappa shape index (κ1) is 16.9. The second-order valence-electron chi connectivity index (χ2n) is 6.19. The largest absolute Gasteiger partial charge is 0.491 e. The molecule has 0 fully saturated rings. The fourth-order valence-corrected chi connectivity index (χ4v) is 3.16. The molecule has 6 heteroatoms. The standard InChI is InChI=1S/C21H16N2O4/c24-13-15-10-9-14-5-3-8-18(19(14)22-15)27-12-4-11-23-20(25)16-6-1-2-7-17(16)21(23)26/h1-3,5-10,13H,4,11-12H2. The number of aldehydes is 1. The Bertz CT molecular complexity index is 1030. The van der Waals surface area contributed by atoms with Gasteiger partial charge in [0.25, 0.3) is 11.8 Å². The number of ether oxygens (including phenoxy) is 1. The minimum absolute atomic E-state index is 0.266. The van der Waals surface area contributed by atoms with Crippen molar-refractivity contribution in [2.45, 2.75) is 6.42 Å². The summed E-state index contributed by atoms with van der Waals surface area (Å²) in [6.45, 7) is 0.601. The zero-order valence-electron chi connectivity index (χ0n) is 14.4. The molecular formula is C21H16N2O4. The zero-order valence-corrected chi connectivity index (χ0v) is 14.4. The molecule has 0 unspecified atom stereocenters. The Labute approximate surface area is 155 Å². The van der Waals surface area contributed by atoms with E-state index in [1.807, 2.05) is 18.2 Å². The van der Waals surface area contributed by atoms with Crippen LogP contribution in [0.1, 0.15) is 37.6 Å². The van der Waals surface area contributed by atoms with E-state index in [4.69, 9.17) is 4.74 Å². The minimum Gasteiger partial charge on any atom is -0.491 e. The van der Waals surface area contributed by atoms with Crippen LogP contribution in [-0.2, 0) is 0 Å². The van der Waals surface area contributed by atoms with E-state index in [2.05, 4.69) is 4.98 Å². The molecule has 134 valence electrons. The Hall–Kier alpha value is -3.54. The number of benzene rings is 2. The summed E-state index contributed by atoms with van der Waals surface area (Å²) in [4.78, 5) is 41.2. The fraction of sp³-hybridized carbons (Fsp3) is 0.143. The van der Waals surface area contributed by atoms with Crippen molar-refractivity contribution in [1.29, 1.82) is 0 Å². The Morgan fingerprint density at radius 1 is 0.926 bits per heavy atom. The van der Waals surface area contributed by atoms with Crippen LogP contribution in [0, 0.1) is 0 Å². The molecule has 3 aromatic rings. The number of imide groups is 1. The lowest BCUT2D eigenvalue weighted by Crippen LogP contribution is -2.31. The van der Waals surface area contributed by atoms with Gasteiger partial charge in [0.1, 0.15) is 17.0 Å². The van der Waals surface area contributed by atoms with Crippen molar-refractivity contribution < 1.29 is 19.1 Å². The lowest BCUT2D eigenvalue weighted by atomic mass is 10.1. The van der Waals surface area contributed by atoms with Crippen molar-refractivity contribution >= 4 is 29.0 Å². The maximum absolute atomic E-state index is 12.3. The van der Waals surface area contributed by atoms with E-state index in [-0.39, 0.29) is 18.4 Å². The quantitative estimate of drug-likeness (QED) is 0.383. The van der Waals surface area contributed by atoms with Gasteiger partial charge in [0.15, 0.2) is 6.29 Å². The van der Waals surface area contributed by atoms with Crippen LogP contribution in [0.5, 0.6) is 5.75 Å². The average Bonchev–Trinajstić information content (AvgIpc) is 2.95. The summed E-state index contributed by atoms with van der Waals surface area (Å²) in [5, 5.41) is 0.874. The summed E-state index contributed by atoms with van der Waals surface area (Å²) in [5.41, 5.74) is 1.85. The maximum Gasteiger partial charge on any atom is 0.261 e. The third kappa shape index (κ3) is 3.06. The van der Waals surface area contributed by atoms with E-state index in [0.29, 0.717) is 47.4 Å². The summed E-state index contributed by atoms with van der Waals surface area (Å²) in [7, 11) is 0. The number of carbonyl (C=O) groups is 3. The van der Waals surface area contributed by atoms with Gasteiger partial charge in [0, 0.05) is 11.9 Å². The summed E-state index contributed by atoms with van der Waals surface area (Å²) in [6.07, 6.45) is 1.19. The average molecular weight is 360 g/mol. The highest BCUT2D eigenvalue weighted by atomic mass is 16.5. The van der Waals surface area contributed by atoms with Gasteiger partial charge in [-0.25, -0.2) is 4.98 Å². The van der Waals surface area contributed by atoms with Crippen LogP contribution in [0.4, 0.5) is 0 Å². The number of fused-ring (bicyclic) bond motifs is 2. The van der Waals surface area contributed by atoms with Gasteiger partial charge in [-0.05, 0) is 30.7 Å². The number of nitrogens with zero attached hydrogens (tertiary/aromatic N) is 2. The normalized spacial score (nSPS) is 13.1. The number of hydrogen-bond acceptors (Lipinski definition) is 5. The number of hydrogen-bond donors (Lipinski definition) is 0. The molecule has 1 aliphatic rings. The molecule has 0 aliphatic carbocycles. The van der Waals surface area contributed by atoms with E-state index in [1.165, 1.54) is 4.90 Å². The van der Waals surface area contributed by atoms with Crippen molar-refractivity contribution in [1.82, 2.24) is 9.88 Å². The minimum atomic E-state index is -0.266. The summed E-state index contributed by atoms with van der Waals surface area (Å²) >= 11 is 0. The molecule has 0 saturated carbocycles. The molecule has 0 atom stereocenters. The summed E-state index contributed by atoms with van der Waals surface area (Å²) in [6, 6.07) is 15.8.